The first-order valence-electron chi connectivity index (χ1n) is 6.63. The van der Waals surface area contributed by atoms with E-state index in [-0.39, 0.29) is 5.82 Å². The second-order valence-corrected chi connectivity index (χ2v) is 5.21. The zero-order chi connectivity index (χ0) is 15.2. The second-order valence-electron chi connectivity index (χ2n) is 4.36. The molecule has 0 fully saturated rings. The summed E-state index contributed by atoms with van der Waals surface area (Å²) in [5.41, 5.74) is 1.79. The van der Waals surface area contributed by atoms with Gasteiger partial charge in [0, 0.05) is 22.3 Å². The Balaban J connectivity index is 2.17. The zero-order valence-corrected chi connectivity index (χ0v) is 13.5. The highest BCUT2D eigenvalue weighted by Crippen LogP contribution is 2.32. The van der Waals surface area contributed by atoms with Crippen molar-refractivity contribution in [3.8, 4) is 11.5 Å². The lowest BCUT2D eigenvalue weighted by molar-refractivity contribution is 0.309. The fourth-order valence-electron chi connectivity index (χ4n) is 2.02. The summed E-state index contributed by atoms with van der Waals surface area (Å²) in [5, 5.41) is 3.25. The summed E-state index contributed by atoms with van der Waals surface area (Å²) in [6, 6.07) is 10.3. The Morgan fingerprint density at radius 3 is 2.71 bits per heavy atom. The number of para-hydroxylation sites is 1. The molecule has 5 heteroatoms. The van der Waals surface area contributed by atoms with E-state index in [0.717, 1.165) is 17.0 Å². The molecule has 0 aromatic heterocycles. The standard InChI is InChI=1S/C16H17BrFNO2/c1-3-21-15-6-4-5-11(16(15)20-2)10-19-14-8-7-12(18)9-13(14)17/h4-9,19H,3,10H2,1-2H3. The predicted octanol–water partition coefficient (Wildman–Crippen LogP) is 4.61. The number of methoxy groups -OCH3 is 1. The van der Waals surface area contributed by atoms with Crippen molar-refractivity contribution in [2.75, 3.05) is 19.0 Å². The number of anilines is 1. The third-order valence-corrected chi connectivity index (χ3v) is 3.62. The maximum Gasteiger partial charge on any atom is 0.165 e. The average molecular weight is 354 g/mol. The average Bonchev–Trinajstić information content (AvgIpc) is 2.47. The van der Waals surface area contributed by atoms with Crippen molar-refractivity contribution in [3.63, 3.8) is 0 Å². The van der Waals surface area contributed by atoms with Crippen molar-refractivity contribution in [2.45, 2.75) is 13.5 Å². The molecule has 0 unspecified atom stereocenters. The quantitative estimate of drug-likeness (QED) is 0.822. The number of hydrogen-bond donors (Lipinski definition) is 1. The van der Waals surface area contributed by atoms with E-state index in [0.29, 0.717) is 23.4 Å². The first-order chi connectivity index (χ1) is 10.2. The van der Waals surface area contributed by atoms with Gasteiger partial charge in [-0.2, -0.15) is 0 Å². The lowest BCUT2D eigenvalue weighted by Gasteiger charge is -2.15. The van der Waals surface area contributed by atoms with E-state index in [9.17, 15) is 4.39 Å². The van der Waals surface area contributed by atoms with E-state index in [4.69, 9.17) is 9.47 Å². The Bertz CT molecular complexity index is 619. The monoisotopic (exact) mass is 353 g/mol. The minimum atomic E-state index is -0.275. The molecule has 0 spiro atoms. The molecule has 2 aromatic rings. The summed E-state index contributed by atoms with van der Waals surface area (Å²) < 4.78 is 24.7. The van der Waals surface area contributed by atoms with Crippen LogP contribution in [-0.2, 0) is 6.54 Å². The molecular weight excluding hydrogens is 337 g/mol. The van der Waals surface area contributed by atoms with Crippen LogP contribution in [0.2, 0.25) is 0 Å². The number of halogens is 2. The molecule has 0 aliphatic carbocycles. The molecule has 0 radical (unpaired) electrons. The summed E-state index contributed by atoms with van der Waals surface area (Å²) in [5.74, 6) is 1.16. The van der Waals surface area contributed by atoms with Gasteiger partial charge in [-0.05, 0) is 47.1 Å². The van der Waals surface area contributed by atoms with Crippen molar-refractivity contribution in [1.82, 2.24) is 0 Å². The van der Waals surface area contributed by atoms with Gasteiger partial charge in [0.15, 0.2) is 11.5 Å². The molecular formula is C16H17BrFNO2. The molecule has 0 bridgehead atoms. The van der Waals surface area contributed by atoms with Crippen LogP contribution in [0, 0.1) is 5.82 Å². The first-order valence-corrected chi connectivity index (χ1v) is 7.42. The van der Waals surface area contributed by atoms with Gasteiger partial charge in [0.2, 0.25) is 0 Å². The molecule has 0 amide bonds. The fraction of sp³-hybridized carbons (Fsp3) is 0.250. The van der Waals surface area contributed by atoms with E-state index in [1.807, 2.05) is 25.1 Å². The summed E-state index contributed by atoms with van der Waals surface area (Å²) in [6.07, 6.45) is 0. The minimum Gasteiger partial charge on any atom is -0.493 e. The molecule has 3 nitrogen and oxygen atoms in total. The maximum atomic E-state index is 13.1. The third-order valence-electron chi connectivity index (χ3n) is 2.96. The van der Waals surface area contributed by atoms with E-state index in [2.05, 4.69) is 21.2 Å². The Hall–Kier alpha value is -1.75. The van der Waals surface area contributed by atoms with Gasteiger partial charge >= 0.3 is 0 Å². The zero-order valence-electron chi connectivity index (χ0n) is 12.0. The van der Waals surface area contributed by atoms with Gasteiger partial charge in [-0.25, -0.2) is 4.39 Å². The molecule has 21 heavy (non-hydrogen) atoms. The van der Waals surface area contributed by atoms with Crippen LogP contribution in [0.5, 0.6) is 11.5 Å². The van der Waals surface area contributed by atoms with Gasteiger partial charge in [0.05, 0.1) is 13.7 Å². The smallest absolute Gasteiger partial charge is 0.165 e. The van der Waals surface area contributed by atoms with E-state index in [1.165, 1.54) is 12.1 Å². The fourth-order valence-corrected chi connectivity index (χ4v) is 2.52. The van der Waals surface area contributed by atoms with Crippen LogP contribution in [0.25, 0.3) is 0 Å². The van der Waals surface area contributed by atoms with Crippen molar-refractivity contribution in [1.29, 1.82) is 0 Å². The molecule has 0 saturated carbocycles. The number of nitrogens with one attached hydrogen (secondary N) is 1. The normalized spacial score (nSPS) is 10.3. The SMILES string of the molecule is CCOc1cccc(CNc2ccc(F)cc2Br)c1OC. The lowest BCUT2D eigenvalue weighted by atomic mass is 10.1. The number of benzene rings is 2. The topological polar surface area (TPSA) is 30.5 Å². The Kier molecular flexibility index (Phi) is 5.44. The number of ether oxygens (including phenoxy) is 2. The van der Waals surface area contributed by atoms with Crippen molar-refractivity contribution >= 4 is 21.6 Å². The molecule has 0 atom stereocenters. The van der Waals surface area contributed by atoms with Crippen LogP contribution in [0.15, 0.2) is 40.9 Å². The molecule has 0 aliphatic rings. The van der Waals surface area contributed by atoms with Crippen LogP contribution in [-0.4, -0.2) is 13.7 Å². The van der Waals surface area contributed by atoms with Gasteiger partial charge in [-0.15, -0.1) is 0 Å². The summed E-state index contributed by atoms with van der Waals surface area (Å²) in [7, 11) is 1.62. The van der Waals surface area contributed by atoms with Crippen LogP contribution in [0.3, 0.4) is 0 Å². The second kappa shape index (κ2) is 7.31. The minimum absolute atomic E-state index is 0.275. The lowest BCUT2D eigenvalue weighted by Crippen LogP contribution is -2.04. The summed E-state index contributed by atoms with van der Waals surface area (Å²) in [6.45, 7) is 3.06. The molecule has 0 heterocycles. The van der Waals surface area contributed by atoms with Gasteiger partial charge in [-0.1, -0.05) is 12.1 Å². The van der Waals surface area contributed by atoms with Crippen molar-refractivity contribution in [2.24, 2.45) is 0 Å². The maximum absolute atomic E-state index is 13.1. The molecule has 2 aromatic carbocycles. The molecule has 0 saturated heterocycles. The van der Waals surface area contributed by atoms with Crippen LogP contribution < -0.4 is 14.8 Å². The summed E-state index contributed by atoms with van der Waals surface area (Å²) >= 11 is 3.34. The Morgan fingerprint density at radius 1 is 1.24 bits per heavy atom. The van der Waals surface area contributed by atoms with Crippen LogP contribution in [0.1, 0.15) is 12.5 Å². The molecule has 2 rings (SSSR count). The van der Waals surface area contributed by atoms with E-state index in [1.54, 1.807) is 13.2 Å². The van der Waals surface area contributed by atoms with E-state index < -0.39 is 0 Å². The van der Waals surface area contributed by atoms with Crippen LogP contribution in [0.4, 0.5) is 10.1 Å². The highest BCUT2D eigenvalue weighted by Gasteiger charge is 2.10. The third kappa shape index (κ3) is 3.88. The molecule has 112 valence electrons. The predicted molar refractivity (Wildman–Crippen MR) is 85.6 cm³/mol. The Labute approximate surface area is 132 Å². The molecule has 1 N–H and O–H groups in total. The summed E-state index contributed by atoms with van der Waals surface area (Å²) in [4.78, 5) is 0. The van der Waals surface area contributed by atoms with Gasteiger partial charge < -0.3 is 14.8 Å². The van der Waals surface area contributed by atoms with Gasteiger partial charge in [0.1, 0.15) is 5.82 Å². The van der Waals surface area contributed by atoms with Crippen molar-refractivity contribution < 1.29 is 13.9 Å². The van der Waals surface area contributed by atoms with E-state index >= 15 is 0 Å². The van der Waals surface area contributed by atoms with Gasteiger partial charge in [-0.3, -0.25) is 0 Å². The largest absolute Gasteiger partial charge is 0.493 e. The Morgan fingerprint density at radius 2 is 2.05 bits per heavy atom. The van der Waals surface area contributed by atoms with Crippen LogP contribution >= 0.6 is 15.9 Å². The molecule has 0 aliphatic heterocycles. The number of rotatable bonds is 6. The number of hydrogen-bond acceptors (Lipinski definition) is 3. The highest BCUT2D eigenvalue weighted by atomic mass is 79.9. The van der Waals surface area contributed by atoms with Gasteiger partial charge in [0.25, 0.3) is 0 Å². The van der Waals surface area contributed by atoms with Crippen molar-refractivity contribution in [3.05, 3.63) is 52.3 Å². The first kappa shape index (κ1) is 15.6. The highest BCUT2D eigenvalue weighted by molar-refractivity contribution is 9.10.